The van der Waals surface area contributed by atoms with Crippen molar-refractivity contribution >= 4 is 11.8 Å². The van der Waals surface area contributed by atoms with Crippen molar-refractivity contribution in [2.75, 3.05) is 27.2 Å². The summed E-state index contributed by atoms with van der Waals surface area (Å²) in [6.07, 6.45) is 5.43. The van der Waals surface area contributed by atoms with Gasteiger partial charge in [-0.2, -0.15) is 0 Å². The van der Waals surface area contributed by atoms with Crippen LogP contribution in [-0.2, 0) is 9.59 Å². The van der Waals surface area contributed by atoms with Gasteiger partial charge < -0.3 is 4.90 Å². The molecule has 0 N–H and O–H groups in total. The number of hydrogen-bond donors (Lipinski definition) is 0. The van der Waals surface area contributed by atoms with E-state index in [1.165, 1.54) is 11.3 Å². The number of carbonyl (C=O) groups excluding carboxylic acids is 2. The highest BCUT2D eigenvalue weighted by atomic mass is 16.2. The smallest absolute Gasteiger partial charge is 0.235 e. The van der Waals surface area contributed by atoms with Gasteiger partial charge in [0.2, 0.25) is 11.8 Å². The molecule has 2 fully saturated rings. The molecule has 4 heteroatoms. The highest BCUT2D eigenvalue weighted by Crippen LogP contribution is 2.47. The van der Waals surface area contributed by atoms with Crippen molar-refractivity contribution in [3.63, 3.8) is 0 Å². The van der Waals surface area contributed by atoms with Gasteiger partial charge in [-0.3, -0.25) is 14.5 Å². The zero-order valence-corrected chi connectivity index (χ0v) is 12.4. The van der Waals surface area contributed by atoms with Crippen LogP contribution in [0.4, 0.5) is 0 Å². The van der Waals surface area contributed by atoms with Crippen LogP contribution in [0.15, 0.2) is 0 Å². The van der Waals surface area contributed by atoms with Gasteiger partial charge in [-0.05, 0) is 45.8 Å². The average Bonchev–Trinajstić information content (AvgIpc) is 2.53. The van der Waals surface area contributed by atoms with Crippen LogP contribution in [0, 0.1) is 11.3 Å². The molecule has 1 heterocycles. The van der Waals surface area contributed by atoms with E-state index >= 15 is 0 Å². The third-order valence-corrected chi connectivity index (χ3v) is 4.57. The largest absolute Gasteiger partial charge is 0.309 e. The maximum Gasteiger partial charge on any atom is 0.235 e. The van der Waals surface area contributed by atoms with Crippen LogP contribution in [0.3, 0.4) is 0 Å². The Bertz CT molecular complexity index is 367. The molecule has 2 amide bonds. The van der Waals surface area contributed by atoms with Crippen LogP contribution in [0.2, 0.25) is 0 Å². The summed E-state index contributed by atoms with van der Waals surface area (Å²) in [5.41, 5.74) is -0.340. The molecule has 2 atom stereocenters. The molecule has 0 aromatic heterocycles. The van der Waals surface area contributed by atoms with Crippen molar-refractivity contribution < 1.29 is 9.59 Å². The van der Waals surface area contributed by atoms with E-state index in [4.69, 9.17) is 0 Å². The highest BCUT2D eigenvalue weighted by molar-refractivity contribution is 6.05. The molecular weight excluding hydrogens is 240 g/mol. The van der Waals surface area contributed by atoms with E-state index in [2.05, 4.69) is 11.8 Å². The SMILES string of the molecule is C[C@H]1CCC[C@@]2(CC(=O)N(CCCN(C)C)C2=O)C1. The first kappa shape index (κ1) is 14.5. The minimum Gasteiger partial charge on any atom is -0.309 e. The van der Waals surface area contributed by atoms with Gasteiger partial charge in [0.25, 0.3) is 0 Å². The second-order valence-corrected chi connectivity index (χ2v) is 6.67. The van der Waals surface area contributed by atoms with Crippen molar-refractivity contribution in [3.8, 4) is 0 Å². The molecule has 108 valence electrons. The molecule has 0 aromatic carbocycles. The lowest BCUT2D eigenvalue weighted by molar-refractivity contribution is -0.142. The van der Waals surface area contributed by atoms with Crippen LogP contribution in [0.25, 0.3) is 0 Å². The second-order valence-electron chi connectivity index (χ2n) is 6.67. The Morgan fingerprint density at radius 1 is 1.37 bits per heavy atom. The zero-order chi connectivity index (χ0) is 14.0. The normalized spacial score (nSPS) is 31.8. The summed E-state index contributed by atoms with van der Waals surface area (Å²) >= 11 is 0. The Labute approximate surface area is 116 Å². The lowest BCUT2D eigenvalue weighted by Crippen LogP contribution is -2.39. The number of likely N-dealkylation sites (tertiary alicyclic amines) is 1. The molecule has 0 unspecified atom stereocenters. The van der Waals surface area contributed by atoms with Gasteiger partial charge in [-0.25, -0.2) is 0 Å². The van der Waals surface area contributed by atoms with Gasteiger partial charge in [0.15, 0.2) is 0 Å². The van der Waals surface area contributed by atoms with E-state index in [0.29, 0.717) is 18.9 Å². The molecule has 0 radical (unpaired) electrons. The van der Waals surface area contributed by atoms with Crippen molar-refractivity contribution in [1.82, 2.24) is 9.80 Å². The molecule has 1 saturated carbocycles. The minimum absolute atomic E-state index is 0.0536. The Morgan fingerprint density at radius 2 is 2.11 bits per heavy atom. The highest BCUT2D eigenvalue weighted by Gasteiger charge is 2.52. The molecule has 4 nitrogen and oxygen atoms in total. The average molecular weight is 266 g/mol. The van der Waals surface area contributed by atoms with Gasteiger partial charge in [0.1, 0.15) is 0 Å². The second kappa shape index (κ2) is 5.61. The maximum atomic E-state index is 12.6. The minimum atomic E-state index is -0.340. The molecule has 1 aliphatic heterocycles. The molecule has 2 aliphatic rings. The van der Waals surface area contributed by atoms with Crippen molar-refractivity contribution in [2.45, 2.75) is 45.4 Å². The monoisotopic (exact) mass is 266 g/mol. The maximum absolute atomic E-state index is 12.6. The topological polar surface area (TPSA) is 40.6 Å². The summed E-state index contributed by atoms with van der Waals surface area (Å²) in [5, 5.41) is 0. The van der Waals surface area contributed by atoms with E-state index in [9.17, 15) is 9.59 Å². The Kier molecular flexibility index (Phi) is 4.29. The predicted molar refractivity (Wildman–Crippen MR) is 74.6 cm³/mol. The molecule has 19 heavy (non-hydrogen) atoms. The fourth-order valence-corrected chi connectivity index (χ4v) is 3.65. The number of imide groups is 1. The zero-order valence-electron chi connectivity index (χ0n) is 12.4. The van der Waals surface area contributed by atoms with E-state index in [1.54, 1.807) is 0 Å². The van der Waals surface area contributed by atoms with Gasteiger partial charge in [0.05, 0.1) is 5.41 Å². The van der Waals surface area contributed by atoms with Gasteiger partial charge in [0, 0.05) is 13.0 Å². The van der Waals surface area contributed by atoms with Crippen LogP contribution < -0.4 is 0 Å². The molecule has 1 spiro atoms. The number of nitrogens with zero attached hydrogens (tertiary/aromatic N) is 2. The molecule has 1 aliphatic carbocycles. The Hall–Kier alpha value is -0.900. The van der Waals surface area contributed by atoms with E-state index in [-0.39, 0.29) is 17.2 Å². The van der Waals surface area contributed by atoms with Crippen LogP contribution in [0.5, 0.6) is 0 Å². The van der Waals surface area contributed by atoms with E-state index in [0.717, 1.165) is 32.2 Å². The number of rotatable bonds is 4. The lowest BCUT2D eigenvalue weighted by Gasteiger charge is -2.34. The van der Waals surface area contributed by atoms with Crippen molar-refractivity contribution in [1.29, 1.82) is 0 Å². The summed E-state index contributed by atoms with van der Waals surface area (Å²) in [4.78, 5) is 28.4. The Morgan fingerprint density at radius 3 is 2.74 bits per heavy atom. The van der Waals surface area contributed by atoms with Crippen molar-refractivity contribution in [3.05, 3.63) is 0 Å². The summed E-state index contributed by atoms with van der Waals surface area (Å²) in [7, 11) is 4.02. The Balaban J connectivity index is 1.99. The first-order valence-corrected chi connectivity index (χ1v) is 7.44. The molecular formula is C15H26N2O2. The first-order valence-electron chi connectivity index (χ1n) is 7.44. The van der Waals surface area contributed by atoms with Gasteiger partial charge in [-0.1, -0.05) is 19.8 Å². The van der Waals surface area contributed by atoms with Gasteiger partial charge >= 0.3 is 0 Å². The third-order valence-electron chi connectivity index (χ3n) is 4.57. The quantitative estimate of drug-likeness (QED) is 0.730. The van der Waals surface area contributed by atoms with Gasteiger partial charge in [-0.15, -0.1) is 0 Å². The van der Waals surface area contributed by atoms with Crippen molar-refractivity contribution in [2.24, 2.45) is 11.3 Å². The van der Waals surface area contributed by atoms with Crippen LogP contribution in [-0.4, -0.2) is 48.8 Å². The number of carbonyl (C=O) groups is 2. The molecule has 2 rings (SSSR count). The molecule has 0 aromatic rings. The standard InChI is InChI=1S/C15H26N2O2/c1-12-6-4-7-15(10-12)11-13(18)17(14(15)19)9-5-8-16(2)3/h12H,4-11H2,1-3H3/t12-,15-/m0/s1. The fraction of sp³-hybridized carbons (Fsp3) is 0.867. The van der Waals surface area contributed by atoms with Crippen LogP contribution >= 0.6 is 0 Å². The summed E-state index contributed by atoms with van der Waals surface area (Å²) < 4.78 is 0. The summed E-state index contributed by atoms with van der Waals surface area (Å²) in [6.45, 7) is 3.71. The molecule has 0 bridgehead atoms. The van der Waals surface area contributed by atoms with E-state index in [1.807, 2.05) is 14.1 Å². The first-order chi connectivity index (χ1) is 8.94. The predicted octanol–water partition coefficient (Wildman–Crippen LogP) is 1.89. The number of amides is 2. The van der Waals surface area contributed by atoms with Crippen LogP contribution in [0.1, 0.15) is 45.4 Å². The molecule has 1 saturated heterocycles. The lowest BCUT2D eigenvalue weighted by atomic mass is 9.69. The third kappa shape index (κ3) is 2.99. The van der Waals surface area contributed by atoms with E-state index < -0.39 is 0 Å². The summed E-state index contributed by atoms with van der Waals surface area (Å²) in [6, 6.07) is 0. The number of hydrogen-bond acceptors (Lipinski definition) is 3. The fourth-order valence-electron chi connectivity index (χ4n) is 3.65. The summed E-state index contributed by atoms with van der Waals surface area (Å²) in [5.74, 6) is 0.743.